The van der Waals surface area contributed by atoms with E-state index in [9.17, 15) is 4.79 Å². The number of carbonyl (C=O) groups is 1. The van der Waals surface area contributed by atoms with E-state index in [1.807, 2.05) is 49.4 Å². The zero-order valence-electron chi connectivity index (χ0n) is 12.5. The van der Waals surface area contributed by atoms with E-state index in [4.69, 9.17) is 16.3 Å². The molecule has 3 rings (SSSR count). The summed E-state index contributed by atoms with van der Waals surface area (Å²) in [4.78, 5) is 16.6. The third kappa shape index (κ3) is 3.43. The van der Waals surface area contributed by atoms with Crippen LogP contribution in [0.5, 0.6) is 5.88 Å². The lowest BCUT2D eigenvalue weighted by molar-refractivity contribution is 0.102. The van der Waals surface area contributed by atoms with Gasteiger partial charge in [-0.3, -0.25) is 4.79 Å². The standard InChI is InChI=1S/C18H15ClN2O2/c1-2-23-16-10-9-15(19)17(21-16)18(22)20-14-8-7-12-5-3-4-6-13(12)11-14/h3-11H,2H2,1H3,(H,20,22). The summed E-state index contributed by atoms with van der Waals surface area (Å²) in [5.41, 5.74) is 0.833. The van der Waals surface area contributed by atoms with Crippen LogP contribution >= 0.6 is 11.6 Å². The SMILES string of the molecule is CCOc1ccc(Cl)c(C(=O)Nc2ccc3ccccc3c2)n1. The van der Waals surface area contributed by atoms with Gasteiger partial charge >= 0.3 is 0 Å². The van der Waals surface area contributed by atoms with Gasteiger partial charge in [0.15, 0.2) is 5.69 Å². The van der Waals surface area contributed by atoms with Crippen LogP contribution < -0.4 is 10.1 Å². The average molecular weight is 327 g/mol. The molecule has 116 valence electrons. The Balaban J connectivity index is 1.86. The van der Waals surface area contributed by atoms with Crippen molar-refractivity contribution >= 4 is 34.0 Å². The van der Waals surface area contributed by atoms with E-state index in [0.717, 1.165) is 10.8 Å². The zero-order chi connectivity index (χ0) is 16.2. The summed E-state index contributed by atoms with van der Waals surface area (Å²) in [6, 6.07) is 16.9. The largest absolute Gasteiger partial charge is 0.478 e. The van der Waals surface area contributed by atoms with Gasteiger partial charge in [0, 0.05) is 11.8 Å². The molecule has 4 nitrogen and oxygen atoms in total. The van der Waals surface area contributed by atoms with E-state index in [2.05, 4.69) is 10.3 Å². The van der Waals surface area contributed by atoms with Crippen molar-refractivity contribution in [3.63, 3.8) is 0 Å². The Bertz CT molecular complexity index is 865. The van der Waals surface area contributed by atoms with Crippen molar-refractivity contribution in [3.05, 3.63) is 65.3 Å². The number of nitrogens with zero attached hydrogens (tertiary/aromatic N) is 1. The first kappa shape index (κ1) is 15.3. The minimum absolute atomic E-state index is 0.144. The fourth-order valence-electron chi connectivity index (χ4n) is 2.27. The van der Waals surface area contributed by atoms with Gasteiger partial charge < -0.3 is 10.1 Å². The minimum atomic E-state index is -0.369. The lowest BCUT2D eigenvalue weighted by Crippen LogP contribution is -2.15. The summed E-state index contributed by atoms with van der Waals surface area (Å²) < 4.78 is 5.31. The molecule has 0 aliphatic heterocycles. The minimum Gasteiger partial charge on any atom is -0.478 e. The number of halogens is 1. The molecular weight excluding hydrogens is 312 g/mol. The quantitative estimate of drug-likeness (QED) is 0.765. The van der Waals surface area contributed by atoms with Gasteiger partial charge in [0.25, 0.3) is 5.91 Å². The first-order valence-corrected chi connectivity index (χ1v) is 7.64. The molecule has 1 N–H and O–H groups in total. The summed E-state index contributed by atoms with van der Waals surface area (Å²) in [5, 5.41) is 5.26. The van der Waals surface area contributed by atoms with Gasteiger partial charge in [-0.25, -0.2) is 4.98 Å². The van der Waals surface area contributed by atoms with Crippen molar-refractivity contribution in [2.24, 2.45) is 0 Å². The molecule has 1 amide bonds. The number of nitrogens with one attached hydrogen (secondary N) is 1. The molecule has 1 heterocycles. The maximum Gasteiger partial charge on any atom is 0.275 e. The van der Waals surface area contributed by atoms with Gasteiger partial charge in [-0.2, -0.15) is 0 Å². The van der Waals surface area contributed by atoms with Crippen molar-refractivity contribution < 1.29 is 9.53 Å². The van der Waals surface area contributed by atoms with Crippen LogP contribution in [0.25, 0.3) is 10.8 Å². The predicted octanol–water partition coefficient (Wildman–Crippen LogP) is 4.54. The Hall–Kier alpha value is -2.59. The number of aromatic nitrogens is 1. The van der Waals surface area contributed by atoms with Crippen molar-refractivity contribution in [2.75, 3.05) is 11.9 Å². The molecule has 0 aliphatic rings. The summed E-state index contributed by atoms with van der Waals surface area (Å²) >= 11 is 6.07. The number of carbonyl (C=O) groups excluding carboxylic acids is 1. The highest BCUT2D eigenvalue weighted by atomic mass is 35.5. The number of pyridine rings is 1. The average Bonchev–Trinajstić information content (AvgIpc) is 2.56. The number of hydrogen-bond acceptors (Lipinski definition) is 3. The van der Waals surface area contributed by atoms with E-state index in [0.29, 0.717) is 18.2 Å². The first-order valence-electron chi connectivity index (χ1n) is 7.27. The third-order valence-electron chi connectivity index (χ3n) is 3.34. The van der Waals surface area contributed by atoms with Crippen molar-refractivity contribution in [3.8, 4) is 5.88 Å². The Morgan fingerprint density at radius 2 is 1.91 bits per heavy atom. The Kier molecular flexibility index (Phi) is 4.44. The maximum atomic E-state index is 12.4. The molecule has 3 aromatic rings. The molecule has 23 heavy (non-hydrogen) atoms. The van der Waals surface area contributed by atoms with Crippen LogP contribution in [0.1, 0.15) is 17.4 Å². The predicted molar refractivity (Wildman–Crippen MR) is 92.3 cm³/mol. The number of anilines is 1. The zero-order valence-corrected chi connectivity index (χ0v) is 13.3. The number of benzene rings is 2. The molecular formula is C18H15ClN2O2. The summed E-state index contributed by atoms with van der Waals surface area (Å²) in [6.07, 6.45) is 0. The van der Waals surface area contributed by atoms with Gasteiger partial charge in [0.2, 0.25) is 5.88 Å². The summed E-state index contributed by atoms with van der Waals surface area (Å²) in [6.45, 7) is 2.32. The monoisotopic (exact) mass is 326 g/mol. The molecule has 0 saturated carbocycles. The van der Waals surface area contributed by atoms with E-state index < -0.39 is 0 Å². The van der Waals surface area contributed by atoms with E-state index in [1.165, 1.54) is 0 Å². The molecule has 2 aromatic carbocycles. The van der Waals surface area contributed by atoms with E-state index in [1.54, 1.807) is 12.1 Å². The van der Waals surface area contributed by atoms with Crippen LogP contribution in [0.4, 0.5) is 5.69 Å². The third-order valence-corrected chi connectivity index (χ3v) is 3.64. The van der Waals surface area contributed by atoms with Crippen LogP contribution in [0.2, 0.25) is 5.02 Å². The normalized spacial score (nSPS) is 10.5. The van der Waals surface area contributed by atoms with Gasteiger partial charge in [-0.1, -0.05) is 41.9 Å². The Morgan fingerprint density at radius 1 is 1.13 bits per heavy atom. The van der Waals surface area contributed by atoms with Crippen molar-refractivity contribution in [1.29, 1.82) is 0 Å². The van der Waals surface area contributed by atoms with E-state index >= 15 is 0 Å². The Morgan fingerprint density at radius 3 is 2.70 bits per heavy atom. The summed E-state index contributed by atoms with van der Waals surface area (Å²) in [7, 11) is 0. The van der Waals surface area contributed by atoms with Gasteiger partial charge in [-0.15, -0.1) is 0 Å². The molecule has 0 unspecified atom stereocenters. The van der Waals surface area contributed by atoms with Gasteiger partial charge in [0.1, 0.15) is 0 Å². The molecule has 0 saturated heterocycles. The van der Waals surface area contributed by atoms with Crippen LogP contribution in [0.15, 0.2) is 54.6 Å². The van der Waals surface area contributed by atoms with Crippen LogP contribution in [0, 0.1) is 0 Å². The van der Waals surface area contributed by atoms with Crippen LogP contribution in [0.3, 0.4) is 0 Å². The molecule has 0 spiro atoms. The van der Waals surface area contributed by atoms with Gasteiger partial charge in [0.05, 0.1) is 11.6 Å². The fraction of sp³-hybridized carbons (Fsp3) is 0.111. The first-order chi connectivity index (χ1) is 11.2. The highest BCUT2D eigenvalue weighted by molar-refractivity contribution is 6.34. The lowest BCUT2D eigenvalue weighted by Gasteiger charge is -2.09. The topological polar surface area (TPSA) is 51.2 Å². The smallest absolute Gasteiger partial charge is 0.275 e. The molecule has 0 radical (unpaired) electrons. The van der Waals surface area contributed by atoms with Crippen molar-refractivity contribution in [2.45, 2.75) is 6.92 Å². The number of ether oxygens (including phenoxy) is 1. The van der Waals surface area contributed by atoms with Crippen LogP contribution in [-0.4, -0.2) is 17.5 Å². The maximum absolute atomic E-state index is 12.4. The summed E-state index contributed by atoms with van der Waals surface area (Å²) in [5.74, 6) is 0.00685. The molecule has 1 aromatic heterocycles. The molecule has 0 fully saturated rings. The number of rotatable bonds is 4. The van der Waals surface area contributed by atoms with E-state index in [-0.39, 0.29) is 16.6 Å². The second kappa shape index (κ2) is 6.67. The van der Waals surface area contributed by atoms with Gasteiger partial charge in [-0.05, 0) is 35.9 Å². The molecule has 0 aliphatic carbocycles. The number of amides is 1. The van der Waals surface area contributed by atoms with Crippen molar-refractivity contribution in [1.82, 2.24) is 4.98 Å². The molecule has 0 bridgehead atoms. The Labute approximate surface area is 139 Å². The molecule has 0 atom stereocenters. The molecule has 5 heteroatoms. The fourth-order valence-corrected chi connectivity index (χ4v) is 2.46. The second-order valence-corrected chi connectivity index (χ2v) is 5.34. The van der Waals surface area contributed by atoms with Crippen LogP contribution in [-0.2, 0) is 0 Å². The highest BCUT2D eigenvalue weighted by Crippen LogP contribution is 2.22. The second-order valence-electron chi connectivity index (χ2n) is 4.93. The highest BCUT2D eigenvalue weighted by Gasteiger charge is 2.14. The number of fused-ring (bicyclic) bond motifs is 1. The number of hydrogen-bond donors (Lipinski definition) is 1. The lowest BCUT2D eigenvalue weighted by atomic mass is 10.1.